The molecule has 1 unspecified atom stereocenters. The summed E-state index contributed by atoms with van der Waals surface area (Å²) in [5.74, 6) is 0.0604. The molecule has 0 spiro atoms. The van der Waals surface area contributed by atoms with Crippen LogP contribution in [-0.4, -0.2) is 46.9 Å². The molecule has 0 bridgehead atoms. The van der Waals surface area contributed by atoms with Crippen LogP contribution in [0.15, 0.2) is 30.3 Å². The average Bonchev–Trinajstić information content (AvgIpc) is 2.54. The van der Waals surface area contributed by atoms with Gasteiger partial charge in [-0.3, -0.25) is 9.69 Å². The highest BCUT2D eigenvalue weighted by Crippen LogP contribution is 2.21. The third kappa shape index (κ3) is 5.05. The second kappa shape index (κ2) is 8.46. The van der Waals surface area contributed by atoms with E-state index in [1.165, 1.54) is 18.4 Å². The van der Waals surface area contributed by atoms with Crippen molar-refractivity contribution in [3.63, 3.8) is 0 Å². The van der Waals surface area contributed by atoms with Gasteiger partial charge in [-0.15, -0.1) is 0 Å². The molecule has 0 radical (unpaired) electrons. The third-order valence-corrected chi connectivity index (χ3v) is 4.68. The minimum Gasteiger partial charge on any atom is -0.337 e. The first kappa shape index (κ1) is 18.0. The van der Waals surface area contributed by atoms with Crippen molar-refractivity contribution >= 4 is 5.91 Å². The third-order valence-electron chi connectivity index (χ3n) is 4.68. The van der Waals surface area contributed by atoms with Crippen LogP contribution in [0.4, 0.5) is 0 Å². The van der Waals surface area contributed by atoms with Crippen molar-refractivity contribution in [2.75, 3.05) is 13.1 Å². The van der Waals surface area contributed by atoms with Gasteiger partial charge in [-0.25, -0.2) is 0 Å². The van der Waals surface area contributed by atoms with Gasteiger partial charge in [0.1, 0.15) is 0 Å². The number of likely N-dealkylation sites (tertiary alicyclic amines) is 1. The summed E-state index contributed by atoms with van der Waals surface area (Å²) in [6, 6.07) is 10.8. The Morgan fingerprint density at radius 1 is 1.26 bits per heavy atom. The van der Waals surface area contributed by atoms with Crippen molar-refractivity contribution < 1.29 is 4.79 Å². The molecule has 0 aliphatic carbocycles. The van der Waals surface area contributed by atoms with Crippen molar-refractivity contribution in [2.45, 2.75) is 64.7 Å². The molecule has 1 aromatic carbocycles. The number of hydrogen-bond donors (Lipinski definition) is 1. The van der Waals surface area contributed by atoms with Crippen molar-refractivity contribution in [2.24, 2.45) is 5.73 Å². The minimum absolute atomic E-state index is 0.0604. The van der Waals surface area contributed by atoms with Crippen molar-refractivity contribution in [1.29, 1.82) is 0 Å². The van der Waals surface area contributed by atoms with Crippen LogP contribution in [0.2, 0.25) is 0 Å². The Morgan fingerprint density at radius 2 is 1.96 bits per heavy atom. The maximum atomic E-state index is 12.4. The van der Waals surface area contributed by atoms with Gasteiger partial charge in [-0.2, -0.15) is 0 Å². The van der Waals surface area contributed by atoms with E-state index in [1.54, 1.807) is 6.92 Å². The molecule has 23 heavy (non-hydrogen) atoms. The first-order chi connectivity index (χ1) is 11.0. The van der Waals surface area contributed by atoms with E-state index in [0.29, 0.717) is 6.04 Å². The highest BCUT2D eigenvalue weighted by Gasteiger charge is 2.28. The molecule has 2 N–H and O–H groups in total. The lowest BCUT2D eigenvalue weighted by Crippen LogP contribution is -2.53. The summed E-state index contributed by atoms with van der Waals surface area (Å²) in [5.41, 5.74) is 7.17. The summed E-state index contributed by atoms with van der Waals surface area (Å²) >= 11 is 0. The van der Waals surface area contributed by atoms with Crippen LogP contribution in [0, 0.1) is 0 Å². The van der Waals surface area contributed by atoms with Gasteiger partial charge < -0.3 is 10.6 Å². The number of hydrogen-bond acceptors (Lipinski definition) is 3. The molecule has 1 fully saturated rings. The molecule has 2 rings (SSSR count). The second-order valence-corrected chi connectivity index (χ2v) is 6.98. The van der Waals surface area contributed by atoms with E-state index in [1.807, 2.05) is 4.90 Å². The molecule has 1 heterocycles. The molecule has 1 amide bonds. The highest BCUT2D eigenvalue weighted by atomic mass is 16.2. The smallest absolute Gasteiger partial charge is 0.239 e. The molecule has 128 valence electrons. The van der Waals surface area contributed by atoms with Crippen LogP contribution in [0.3, 0.4) is 0 Å². The number of benzene rings is 1. The van der Waals surface area contributed by atoms with Gasteiger partial charge in [0, 0.05) is 25.2 Å². The molecule has 4 nitrogen and oxygen atoms in total. The summed E-state index contributed by atoms with van der Waals surface area (Å²) in [5, 5.41) is 0. The molecule has 1 aliphatic heterocycles. The van der Waals surface area contributed by atoms with Gasteiger partial charge in [0.25, 0.3) is 0 Å². The lowest BCUT2D eigenvalue weighted by molar-refractivity contribution is -0.135. The van der Waals surface area contributed by atoms with Crippen molar-refractivity contribution in [1.82, 2.24) is 9.80 Å². The van der Waals surface area contributed by atoms with Gasteiger partial charge >= 0.3 is 0 Å². The molecule has 1 aromatic rings. The summed E-state index contributed by atoms with van der Waals surface area (Å²) in [6.45, 7) is 8.78. The van der Waals surface area contributed by atoms with E-state index in [-0.39, 0.29) is 11.9 Å². The fourth-order valence-corrected chi connectivity index (χ4v) is 3.34. The number of piperidine rings is 1. The molecule has 4 heteroatoms. The first-order valence-corrected chi connectivity index (χ1v) is 8.83. The number of rotatable bonds is 6. The van der Waals surface area contributed by atoms with Crippen LogP contribution >= 0.6 is 0 Å². The Balaban J connectivity index is 2.06. The summed E-state index contributed by atoms with van der Waals surface area (Å²) in [6.07, 6.45) is 3.64. The second-order valence-electron chi connectivity index (χ2n) is 6.98. The lowest BCUT2D eigenvalue weighted by Gasteiger charge is -2.40. The summed E-state index contributed by atoms with van der Waals surface area (Å²) < 4.78 is 0. The Bertz CT molecular complexity index is 487. The fraction of sp³-hybridized carbons (Fsp3) is 0.632. The molecule has 1 saturated heterocycles. The van der Waals surface area contributed by atoms with E-state index >= 15 is 0 Å². The fourth-order valence-electron chi connectivity index (χ4n) is 3.34. The average molecular weight is 317 g/mol. The number of nitrogens with two attached hydrogens (primary N) is 1. The maximum Gasteiger partial charge on any atom is 0.239 e. The highest BCUT2D eigenvalue weighted by molar-refractivity contribution is 5.81. The lowest BCUT2D eigenvalue weighted by atomic mass is 9.99. The zero-order valence-corrected chi connectivity index (χ0v) is 14.7. The van der Waals surface area contributed by atoms with Gasteiger partial charge in [-0.05, 0) is 45.7 Å². The normalized spacial score (nSPS) is 20.5. The number of nitrogens with zero attached hydrogens (tertiary/aromatic N) is 2. The predicted molar refractivity (Wildman–Crippen MR) is 95.0 cm³/mol. The summed E-state index contributed by atoms with van der Waals surface area (Å²) in [7, 11) is 0. The number of carbonyl (C=O) groups is 1. The molecule has 1 aliphatic rings. The van der Waals surface area contributed by atoms with E-state index < -0.39 is 6.04 Å². The number of carbonyl (C=O) groups excluding carboxylic acids is 1. The van der Waals surface area contributed by atoms with E-state index in [4.69, 9.17) is 5.73 Å². The molecular weight excluding hydrogens is 286 g/mol. The van der Waals surface area contributed by atoms with Gasteiger partial charge in [0.2, 0.25) is 5.91 Å². The van der Waals surface area contributed by atoms with E-state index in [0.717, 1.165) is 26.1 Å². The van der Waals surface area contributed by atoms with E-state index in [2.05, 4.69) is 49.1 Å². The minimum atomic E-state index is -0.427. The van der Waals surface area contributed by atoms with Crippen LogP contribution in [0.5, 0.6) is 0 Å². The van der Waals surface area contributed by atoms with Gasteiger partial charge in [0.15, 0.2) is 0 Å². The molecule has 0 saturated carbocycles. The standard InChI is InChI=1S/C19H31N3O/c1-15(2)22(19(23)16(3)20)14-18-11-7-8-12-21(18)13-17-9-5-4-6-10-17/h4-6,9-10,15-16,18H,7-8,11-14,20H2,1-3H3/t16?,18-/m0/s1. The monoisotopic (exact) mass is 317 g/mol. The molecular formula is C19H31N3O. The van der Waals surface area contributed by atoms with Crippen molar-refractivity contribution in [3.05, 3.63) is 35.9 Å². The Labute approximate surface area is 140 Å². The van der Waals surface area contributed by atoms with Crippen LogP contribution in [0.1, 0.15) is 45.6 Å². The van der Waals surface area contributed by atoms with Crippen LogP contribution in [0.25, 0.3) is 0 Å². The maximum absolute atomic E-state index is 12.4. The zero-order valence-electron chi connectivity index (χ0n) is 14.7. The zero-order chi connectivity index (χ0) is 16.8. The number of amides is 1. The van der Waals surface area contributed by atoms with Crippen LogP contribution < -0.4 is 5.73 Å². The SMILES string of the molecule is CC(N)C(=O)N(C[C@@H]1CCCCN1Cc1ccccc1)C(C)C. The topological polar surface area (TPSA) is 49.6 Å². The van der Waals surface area contributed by atoms with Crippen LogP contribution in [-0.2, 0) is 11.3 Å². The van der Waals surface area contributed by atoms with Gasteiger partial charge in [-0.1, -0.05) is 36.8 Å². The quantitative estimate of drug-likeness (QED) is 0.877. The molecule has 0 aromatic heterocycles. The Morgan fingerprint density at radius 3 is 2.57 bits per heavy atom. The summed E-state index contributed by atoms with van der Waals surface area (Å²) in [4.78, 5) is 16.9. The molecule has 2 atom stereocenters. The van der Waals surface area contributed by atoms with E-state index in [9.17, 15) is 4.79 Å². The predicted octanol–water partition coefficient (Wildman–Crippen LogP) is 2.63. The van der Waals surface area contributed by atoms with Gasteiger partial charge in [0.05, 0.1) is 6.04 Å². The Hall–Kier alpha value is -1.39. The Kier molecular flexibility index (Phi) is 6.60. The largest absolute Gasteiger partial charge is 0.337 e. The van der Waals surface area contributed by atoms with Crippen molar-refractivity contribution in [3.8, 4) is 0 Å². The first-order valence-electron chi connectivity index (χ1n) is 8.83.